The molecule has 0 aliphatic carbocycles. The molecule has 0 unspecified atom stereocenters. The highest BCUT2D eigenvalue weighted by Crippen LogP contribution is 2.33. The van der Waals surface area contributed by atoms with E-state index in [0.29, 0.717) is 23.9 Å². The molecular formula is C18H21N3O4S. The van der Waals surface area contributed by atoms with Crippen LogP contribution in [0.15, 0.2) is 34.7 Å². The van der Waals surface area contributed by atoms with Gasteiger partial charge in [-0.1, -0.05) is 18.2 Å². The first kappa shape index (κ1) is 17.2. The van der Waals surface area contributed by atoms with Gasteiger partial charge in [0, 0.05) is 30.6 Å². The first-order valence-corrected chi connectivity index (χ1v) is 10.3. The zero-order chi connectivity index (χ0) is 18.5. The number of benzene rings is 1. The van der Waals surface area contributed by atoms with Gasteiger partial charge in [0.05, 0.1) is 23.1 Å². The lowest BCUT2D eigenvalue weighted by molar-refractivity contribution is -0.129. The number of carbonyl (C=O) groups excluding carboxylic acids is 1. The first-order valence-electron chi connectivity index (χ1n) is 8.62. The fourth-order valence-electron chi connectivity index (χ4n) is 3.86. The van der Waals surface area contributed by atoms with E-state index in [4.69, 9.17) is 10.2 Å². The monoisotopic (exact) mass is 375 g/mol. The quantitative estimate of drug-likeness (QED) is 0.849. The summed E-state index contributed by atoms with van der Waals surface area (Å²) in [4.78, 5) is 18.7. The topological polar surface area (TPSA) is 106 Å². The molecule has 2 fully saturated rings. The lowest BCUT2D eigenvalue weighted by Crippen LogP contribution is -2.36. The molecule has 138 valence electrons. The van der Waals surface area contributed by atoms with Gasteiger partial charge in [0.1, 0.15) is 5.76 Å². The van der Waals surface area contributed by atoms with E-state index in [0.717, 1.165) is 5.56 Å². The predicted molar refractivity (Wildman–Crippen MR) is 96.0 cm³/mol. The van der Waals surface area contributed by atoms with Crippen LogP contribution in [0.2, 0.25) is 0 Å². The summed E-state index contributed by atoms with van der Waals surface area (Å²) in [6.07, 6.45) is 0.0941. The highest BCUT2D eigenvalue weighted by Gasteiger charge is 2.51. The van der Waals surface area contributed by atoms with Gasteiger partial charge in [-0.25, -0.2) is 13.4 Å². The minimum atomic E-state index is -3.21. The molecule has 2 aliphatic heterocycles. The SMILES string of the molecule is Cc1oc(-c2ccccc2)nc1CC(=O)N1C[C@H]2[C@H](N)CS(=O)(=O)[C@H]2C1. The lowest BCUT2D eigenvalue weighted by Gasteiger charge is -2.18. The number of hydrogen-bond donors (Lipinski definition) is 1. The van der Waals surface area contributed by atoms with Crippen molar-refractivity contribution in [3.05, 3.63) is 41.8 Å². The number of hydrogen-bond acceptors (Lipinski definition) is 6. The molecule has 0 bridgehead atoms. The van der Waals surface area contributed by atoms with Gasteiger partial charge in [0.15, 0.2) is 9.84 Å². The van der Waals surface area contributed by atoms with Crippen molar-refractivity contribution in [1.82, 2.24) is 9.88 Å². The van der Waals surface area contributed by atoms with E-state index >= 15 is 0 Å². The Morgan fingerprint density at radius 1 is 1.31 bits per heavy atom. The highest BCUT2D eigenvalue weighted by atomic mass is 32.2. The number of nitrogens with two attached hydrogens (primary N) is 1. The summed E-state index contributed by atoms with van der Waals surface area (Å²) in [5.74, 6) is 0.794. The van der Waals surface area contributed by atoms with Crippen LogP contribution in [-0.2, 0) is 21.1 Å². The average Bonchev–Trinajstić information content (AvgIpc) is 3.25. The second-order valence-electron chi connectivity index (χ2n) is 7.06. The molecule has 2 aliphatic rings. The smallest absolute Gasteiger partial charge is 0.228 e. The number of rotatable bonds is 3. The molecule has 3 atom stereocenters. The van der Waals surface area contributed by atoms with Crippen LogP contribution in [0.4, 0.5) is 0 Å². The van der Waals surface area contributed by atoms with Crippen LogP contribution in [0.3, 0.4) is 0 Å². The van der Waals surface area contributed by atoms with Crippen LogP contribution < -0.4 is 5.73 Å². The molecule has 1 amide bonds. The Morgan fingerprint density at radius 3 is 2.73 bits per heavy atom. The molecular weight excluding hydrogens is 354 g/mol. The summed E-state index contributed by atoms with van der Waals surface area (Å²) < 4.78 is 30.0. The third-order valence-electron chi connectivity index (χ3n) is 5.33. The number of aromatic nitrogens is 1. The summed E-state index contributed by atoms with van der Waals surface area (Å²) >= 11 is 0. The van der Waals surface area contributed by atoms with Crippen molar-refractivity contribution < 1.29 is 17.6 Å². The number of sulfone groups is 1. The third-order valence-corrected chi connectivity index (χ3v) is 7.60. The minimum absolute atomic E-state index is 0.0210. The fourth-order valence-corrected chi connectivity index (χ4v) is 6.12. The summed E-state index contributed by atoms with van der Waals surface area (Å²) in [5, 5.41) is -0.528. The molecule has 7 nitrogen and oxygen atoms in total. The van der Waals surface area contributed by atoms with Crippen molar-refractivity contribution in [2.45, 2.75) is 24.6 Å². The second kappa shape index (κ2) is 6.21. The van der Waals surface area contributed by atoms with E-state index < -0.39 is 15.1 Å². The van der Waals surface area contributed by atoms with Gasteiger partial charge in [0.2, 0.25) is 11.8 Å². The van der Waals surface area contributed by atoms with Crippen molar-refractivity contribution in [2.75, 3.05) is 18.8 Å². The van der Waals surface area contributed by atoms with E-state index in [1.165, 1.54) is 0 Å². The predicted octanol–water partition coefficient (Wildman–Crippen LogP) is 0.775. The van der Waals surface area contributed by atoms with Crippen LogP contribution in [-0.4, -0.2) is 54.3 Å². The highest BCUT2D eigenvalue weighted by molar-refractivity contribution is 7.92. The van der Waals surface area contributed by atoms with Gasteiger partial charge in [-0.3, -0.25) is 4.79 Å². The Bertz CT molecular complexity index is 939. The van der Waals surface area contributed by atoms with Crippen molar-refractivity contribution >= 4 is 15.7 Å². The van der Waals surface area contributed by atoms with Crippen LogP contribution in [0, 0.1) is 12.8 Å². The Balaban J connectivity index is 1.49. The Kier molecular flexibility index (Phi) is 4.11. The molecule has 4 rings (SSSR count). The van der Waals surface area contributed by atoms with E-state index in [9.17, 15) is 13.2 Å². The molecule has 1 aromatic carbocycles. The zero-order valence-corrected chi connectivity index (χ0v) is 15.3. The van der Waals surface area contributed by atoms with Gasteiger partial charge >= 0.3 is 0 Å². The van der Waals surface area contributed by atoms with Gasteiger partial charge in [-0.05, 0) is 19.1 Å². The van der Waals surface area contributed by atoms with Gasteiger partial charge in [-0.2, -0.15) is 0 Å². The Hall–Kier alpha value is -2.19. The van der Waals surface area contributed by atoms with E-state index in [2.05, 4.69) is 4.98 Å². The minimum Gasteiger partial charge on any atom is -0.441 e. The summed E-state index contributed by atoms with van der Waals surface area (Å²) in [5.41, 5.74) is 7.39. The van der Waals surface area contributed by atoms with E-state index in [-0.39, 0.29) is 36.6 Å². The molecule has 2 N–H and O–H groups in total. The van der Waals surface area contributed by atoms with Crippen LogP contribution in [0.1, 0.15) is 11.5 Å². The second-order valence-corrected chi connectivity index (χ2v) is 9.32. The standard InChI is InChI=1S/C18H21N3O4S/c1-11-15(20-18(25-11)12-5-3-2-4-6-12)7-17(22)21-8-13-14(19)10-26(23,24)16(13)9-21/h2-6,13-14,16H,7-10,19H2,1H3/t13-,14+,16-/m0/s1. The zero-order valence-electron chi connectivity index (χ0n) is 14.5. The number of aryl methyl sites for hydroxylation is 1. The largest absolute Gasteiger partial charge is 0.441 e. The number of likely N-dealkylation sites (tertiary alicyclic amines) is 1. The number of oxazole rings is 1. The maximum atomic E-state index is 12.7. The summed E-state index contributed by atoms with van der Waals surface area (Å²) in [7, 11) is -3.21. The Morgan fingerprint density at radius 2 is 2.04 bits per heavy atom. The number of fused-ring (bicyclic) bond motifs is 1. The van der Waals surface area contributed by atoms with E-state index in [1.807, 2.05) is 30.3 Å². The normalized spacial score (nSPS) is 26.8. The van der Waals surface area contributed by atoms with Gasteiger partial charge in [-0.15, -0.1) is 0 Å². The molecule has 2 aromatic rings. The number of nitrogens with zero attached hydrogens (tertiary/aromatic N) is 2. The number of amides is 1. The number of carbonyl (C=O) groups is 1. The summed E-state index contributed by atoms with van der Waals surface area (Å²) in [6.45, 7) is 2.40. The lowest BCUT2D eigenvalue weighted by atomic mass is 10.0. The van der Waals surface area contributed by atoms with E-state index in [1.54, 1.807) is 11.8 Å². The van der Waals surface area contributed by atoms with Crippen LogP contribution in [0.25, 0.3) is 11.5 Å². The molecule has 8 heteroatoms. The van der Waals surface area contributed by atoms with Crippen molar-refractivity contribution in [2.24, 2.45) is 11.7 Å². The molecule has 2 saturated heterocycles. The molecule has 0 spiro atoms. The average molecular weight is 375 g/mol. The maximum absolute atomic E-state index is 12.7. The molecule has 1 aromatic heterocycles. The molecule has 3 heterocycles. The fraction of sp³-hybridized carbons (Fsp3) is 0.444. The maximum Gasteiger partial charge on any atom is 0.228 e. The van der Waals surface area contributed by atoms with Crippen molar-refractivity contribution in [3.8, 4) is 11.5 Å². The third kappa shape index (κ3) is 2.93. The molecule has 0 saturated carbocycles. The van der Waals surface area contributed by atoms with Gasteiger partial charge in [0.25, 0.3) is 0 Å². The molecule has 0 radical (unpaired) electrons. The van der Waals surface area contributed by atoms with Crippen molar-refractivity contribution in [1.29, 1.82) is 0 Å². The summed E-state index contributed by atoms with van der Waals surface area (Å²) in [6, 6.07) is 9.10. The first-order chi connectivity index (χ1) is 12.3. The Labute approximate surface area is 152 Å². The van der Waals surface area contributed by atoms with Gasteiger partial charge < -0.3 is 15.1 Å². The molecule has 26 heavy (non-hydrogen) atoms. The van der Waals surface area contributed by atoms with Crippen molar-refractivity contribution in [3.63, 3.8) is 0 Å². The van der Waals surface area contributed by atoms with Crippen LogP contribution >= 0.6 is 0 Å². The van der Waals surface area contributed by atoms with Crippen LogP contribution in [0.5, 0.6) is 0 Å².